The lowest BCUT2D eigenvalue weighted by atomic mass is 10.3. The van der Waals surface area contributed by atoms with Crippen molar-refractivity contribution in [2.75, 3.05) is 12.9 Å². The summed E-state index contributed by atoms with van der Waals surface area (Å²) in [7, 11) is -2.51. The van der Waals surface area contributed by atoms with Gasteiger partial charge in [-0.1, -0.05) is 11.3 Å². The van der Waals surface area contributed by atoms with E-state index in [0.29, 0.717) is 10.2 Å². The molecular weight excluding hydrogens is 477 g/mol. The number of nitro groups is 1. The highest BCUT2D eigenvalue weighted by atomic mass is 32.2. The van der Waals surface area contributed by atoms with Crippen molar-refractivity contribution in [1.82, 2.24) is 4.57 Å². The molecule has 0 fully saturated rings. The minimum atomic E-state index is -3.69. The second-order valence-corrected chi connectivity index (χ2v) is 9.96. The molecule has 3 aromatic rings. The number of halogens is 1. The Morgan fingerprint density at radius 1 is 1.21 bits per heavy atom. The van der Waals surface area contributed by atoms with Crippen LogP contribution in [0, 0.1) is 15.9 Å². The van der Waals surface area contributed by atoms with Gasteiger partial charge in [-0.2, -0.15) is 4.99 Å². The number of sulfone groups is 1. The van der Waals surface area contributed by atoms with Crippen molar-refractivity contribution in [3.63, 3.8) is 0 Å². The van der Waals surface area contributed by atoms with Gasteiger partial charge in [-0.25, -0.2) is 12.8 Å². The van der Waals surface area contributed by atoms with Crippen LogP contribution in [0.5, 0.6) is 0 Å². The Morgan fingerprint density at radius 2 is 1.91 bits per heavy atom. The summed E-state index contributed by atoms with van der Waals surface area (Å²) in [6.45, 7) is -0.317. The maximum atomic E-state index is 13.0. The van der Waals surface area contributed by atoms with Gasteiger partial charge in [0.25, 0.3) is 5.69 Å². The Kier molecular flexibility index (Phi) is 7.33. The van der Waals surface area contributed by atoms with Crippen LogP contribution in [0.25, 0.3) is 10.2 Å². The van der Waals surface area contributed by atoms with Gasteiger partial charge in [0, 0.05) is 18.6 Å². The van der Waals surface area contributed by atoms with E-state index < -0.39 is 32.5 Å². The van der Waals surface area contributed by atoms with Crippen molar-refractivity contribution in [3.8, 4) is 0 Å². The SMILES string of the molecule is COC(=O)Cn1c(=NC(=O)CCCS(=O)(=O)c2ccc(F)cc2)sc2ccc([N+](=O)[O-])cc21. The number of fused-ring (bicyclic) bond motifs is 1. The van der Waals surface area contributed by atoms with E-state index in [0.717, 1.165) is 35.6 Å². The van der Waals surface area contributed by atoms with Crippen molar-refractivity contribution in [1.29, 1.82) is 0 Å². The summed E-state index contributed by atoms with van der Waals surface area (Å²) >= 11 is 1.05. The Labute approximate surface area is 191 Å². The smallest absolute Gasteiger partial charge is 0.325 e. The summed E-state index contributed by atoms with van der Waals surface area (Å²) in [5, 5.41) is 11.1. The Morgan fingerprint density at radius 3 is 2.55 bits per heavy atom. The number of nitro benzene ring substituents is 1. The van der Waals surface area contributed by atoms with Gasteiger partial charge < -0.3 is 9.30 Å². The Balaban J connectivity index is 1.83. The summed E-state index contributed by atoms with van der Waals surface area (Å²) in [6.07, 6.45) is -0.206. The number of benzene rings is 2. The molecule has 0 bridgehead atoms. The van der Waals surface area contributed by atoms with Gasteiger partial charge in [-0.3, -0.25) is 19.7 Å². The highest BCUT2D eigenvalue weighted by molar-refractivity contribution is 7.91. The fourth-order valence-corrected chi connectivity index (χ4v) is 5.28. The average Bonchev–Trinajstić information content (AvgIpc) is 3.09. The first-order valence-corrected chi connectivity index (χ1v) is 12.0. The maximum absolute atomic E-state index is 13.0. The maximum Gasteiger partial charge on any atom is 0.325 e. The number of methoxy groups -OCH3 is 1. The van der Waals surface area contributed by atoms with Crippen LogP contribution in [0.2, 0.25) is 0 Å². The molecule has 0 atom stereocenters. The second kappa shape index (κ2) is 10.0. The zero-order valence-corrected chi connectivity index (χ0v) is 18.9. The molecule has 2 aromatic carbocycles. The van der Waals surface area contributed by atoms with E-state index in [9.17, 15) is 32.5 Å². The number of hydrogen-bond donors (Lipinski definition) is 0. The molecule has 1 heterocycles. The molecule has 0 N–H and O–H groups in total. The summed E-state index contributed by atoms with van der Waals surface area (Å²) in [6, 6.07) is 8.45. The minimum Gasteiger partial charge on any atom is -0.468 e. The van der Waals surface area contributed by atoms with E-state index in [4.69, 9.17) is 0 Å². The normalized spacial score (nSPS) is 12.1. The number of carbonyl (C=O) groups excluding carboxylic acids is 2. The molecule has 1 amide bonds. The largest absolute Gasteiger partial charge is 0.468 e. The highest BCUT2D eigenvalue weighted by Crippen LogP contribution is 2.23. The van der Waals surface area contributed by atoms with Gasteiger partial charge in [-0.05, 0) is 36.8 Å². The van der Waals surface area contributed by atoms with Crippen LogP contribution in [0.3, 0.4) is 0 Å². The molecule has 0 radical (unpaired) electrons. The van der Waals surface area contributed by atoms with Crippen molar-refractivity contribution < 1.29 is 32.1 Å². The van der Waals surface area contributed by atoms with E-state index in [1.165, 1.54) is 29.9 Å². The standard InChI is InChI=1S/C20H18FN3O7S2/c1-31-19(26)12-23-16-11-14(24(27)28)6-9-17(16)32-20(23)22-18(25)3-2-10-33(29,30)15-7-4-13(21)5-8-15/h4-9,11H,2-3,10,12H2,1H3. The van der Waals surface area contributed by atoms with E-state index in [1.807, 2.05) is 0 Å². The quantitative estimate of drug-likeness (QED) is 0.203. The Hall–Kier alpha value is -3.45. The van der Waals surface area contributed by atoms with Crippen molar-refractivity contribution in [3.05, 3.63) is 63.2 Å². The molecule has 0 aliphatic rings. The number of nitrogens with zero attached hydrogens (tertiary/aromatic N) is 3. The third-order valence-electron chi connectivity index (χ3n) is 4.59. The van der Waals surface area contributed by atoms with E-state index in [1.54, 1.807) is 0 Å². The molecule has 13 heteroatoms. The molecule has 0 aliphatic carbocycles. The Bertz CT molecular complexity index is 1390. The van der Waals surface area contributed by atoms with E-state index >= 15 is 0 Å². The van der Waals surface area contributed by atoms with Gasteiger partial charge in [0.05, 0.1) is 32.9 Å². The van der Waals surface area contributed by atoms with Gasteiger partial charge in [-0.15, -0.1) is 0 Å². The molecule has 0 saturated heterocycles. The van der Waals surface area contributed by atoms with Crippen LogP contribution >= 0.6 is 11.3 Å². The number of non-ortho nitro benzene ring substituents is 1. The monoisotopic (exact) mass is 495 g/mol. The highest BCUT2D eigenvalue weighted by Gasteiger charge is 2.17. The zero-order chi connectivity index (χ0) is 24.2. The van der Waals surface area contributed by atoms with Gasteiger partial charge in [0.1, 0.15) is 12.4 Å². The molecule has 0 aliphatic heterocycles. The van der Waals surface area contributed by atoms with Crippen molar-refractivity contribution in [2.24, 2.45) is 4.99 Å². The summed E-state index contributed by atoms with van der Waals surface area (Å²) < 4.78 is 44.2. The molecular formula is C20H18FN3O7S2. The fourth-order valence-electron chi connectivity index (χ4n) is 2.94. The fraction of sp³-hybridized carbons (Fsp3) is 0.250. The summed E-state index contributed by atoms with van der Waals surface area (Å²) in [5.41, 5.74) is 0.146. The molecule has 0 spiro atoms. The molecule has 3 rings (SSSR count). The van der Waals surface area contributed by atoms with Crippen LogP contribution in [-0.4, -0.2) is 42.6 Å². The number of ether oxygens (including phenoxy) is 1. The molecule has 0 unspecified atom stereocenters. The van der Waals surface area contributed by atoms with Crippen LogP contribution < -0.4 is 4.80 Å². The first-order chi connectivity index (χ1) is 15.6. The third kappa shape index (κ3) is 5.87. The predicted molar refractivity (Wildman–Crippen MR) is 117 cm³/mol. The van der Waals surface area contributed by atoms with Gasteiger partial charge in [0.2, 0.25) is 5.91 Å². The predicted octanol–water partition coefficient (Wildman–Crippen LogP) is 2.60. The minimum absolute atomic E-state index is 0.0184. The van der Waals surface area contributed by atoms with Crippen LogP contribution in [0.1, 0.15) is 12.8 Å². The topological polar surface area (TPSA) is 138 Å². The first-order valence-electron chi connectivity index (χ1n) is 9.51. The lowest BCUT2D eigenvalue weighted by Crippen LogP contribution is -2.22. The van der Waals surface area contributed by atoms with Gasteiger partial charge in [0.15, 0.2) is 14.6 Å². The molecule has 174 valence electrons. The number of esters is 1. The third-order valence-corrected chi connectivity index (χ3v) is 7.46. The number of thiazole rings is 1. The number of hydrogen-bond acceptors (Lipinski definition) is 8. The number of amides is 1. The zero-order valence-electron chi connectivity index (χ0n) is 17.3. The average molecular weight is 496 g/mol. The van der Waals surface area contributed by atoms with Crippen molar-refractivity contribution >= 4 is 49.0 Å². The lowest BCUT2D eigenvalue weighted by molar-refractivity contribution is -0.384. The first kappa shape index (κ1) is 24.2. The number of rotatable bonds is 8. The van der Waals surface area contributed by atoms with Gasteiger partial charge >= 0.3 is 5.97 Å². The van der Waals surface area contributed by atoms with Crippen molar-refractivity contribution in [2.45, 2.75) is 24.3 Å². The molecule has 0 saturated carbocycles. The second-order valence-electron chi connectivity index (χ2n) is 6.84. The summed E-state index contributed by atoms with van der Waals surface area (Å²) in [5.74, 6) is -2.15. The molecule has 33 heavy (non-hydrogen) atoms. The molecule has 1 aromatic heterocycles. The van der Waals surface area contributed by atoms with E-state index in [2.05, 4.69) is 9.73 Å². The lowest BCUT2D eigenvalue weighted by Gasteiger charge is -2.04. The number of aromatic nitrogens is 1. The van der Waals surface area contributed by atoms with E-state index in [-0.39, 0.29) is 40.5 Å². The summed E-state index contributed by atoms with van der Waals surface area (Å²) in [4.78, 5) is 38.8. The van der Waals surface area contributed by atoms with Crippen LogP contribution in [-0.2, 0) is 30.7 Å². The molecule has 10 nitrogen and oxygen atoms in total. The van der Waals surface area contributed by atoms with Crippen LogP contribution in [0.4, 0.5) is 10.1 Å². The number of carbonyl (C=O) groups is 2. The van der Waals surface area contributed by atoms with Crippen LogP contribution in [0.15, 0.2) is 52.4 Å².